The molecule has 1 amide bonds. The first-order valence-electron chi connectivity index (χ1n) is 6.34. The highest BCUT2D eigenvalue weighted by atomic mass is 19.1. The molecule has 21 heavy (non-hydrogen) atoms. The lowest BCUT2D eigenvalue weighted by Gasteiger charge is -2.07. The lowest BCUT2D eigenvalue weighted by molar-refractivity contribution is 0.0924. The molecule has 0 radical (unpaired) electrons. The normalized spacial score (nSPS) is 12.2. The number of benzene rings is 1. The fraction of sp³-hybridized carbons (Fsp3) is 0.286. The first-order valence-corrected chi connectivity index (χ1v) is 6.34. The third-order valence-electron chi connectivity index (χ3n) is 2.82. The van der Waals surface area contributed by atoms with Crippen LogP contribution in [-0.2, 0) is 7.05 Å². The summed E-state index contributed by atoms with van der Waals surface area (Å²) in [7, 11) is 1.59. The van der Waals surface area contributed by atoms with Crippen molar-refractivity contribution in [2.45, 2.75) is 13.0 Å². The van der Waals surface area contributed by atoms with Crippen LogP contribution in [0, 0.1) is 11.6 Å². The van der Waals surface area contributed by atoms with Gasteiger partial charge in [0, 0.05) is 31.4 Å². The number of amides is 1. The average Bonchev–Trinajstić information content (AvgIpc) is 2.78. The Labute approximate surface area is 120 Å². The number of carbonyl (C=O) groups is 1. The molecule has 0 aliphatic rings. The zero-order chi connectivity index (χ0) is 15.6. The Morgan fingerprint density at radius 3 is 2.81 bits per heavy atom. The molecule has 7 heteroatoms. The zero-order valence-corrected chi connectivity index (χ0v) is 11.6. The van der Waals surface area contributed by atoms with Gasteiger partial charge in [-0.25, -0.2) is 8.78 Å². The Kier molecular flexibility index (Phi) is 4.32. The van der Waals surface area contributed by atoms with Gasteiger partial charge < -0.3 is 10.4 Å². The van der Waals surface area contributed by atoms with E-state index in [1.54, 1.807) is 7.05 Å². The molecule has 0 spiro atoms. The van der Waals surface area contributed by atoms with Gasteiger partial charge in [-0.2, -0.15) is 5.10 Å². The average molecular weight is 295 g/mol. The fourth-order valence-corrected chi connectivity index (χ4v) is 1.87. The Hall–Kier alpha value is -2.28. The quantitative estimate of drug-likeness (QED) is 0.897. The van der Waals surface area contributed by atoms with Gasteiger partial charge in [0.15, 0.2) is 0 Å². The number of rotatable bonds is 4. The Morgan fingerprint density at radius 1 is 1.48 bits per heavy atom. The molecule has 2 rings (SSSR count). The monoisotopic (exact) mass is 295 g/mol. The van der Waals surface area contributed by atoms with E-state index in [1.165, 1.54) is 23.9 Å². The topological polar surface area (TPSA) is 67.2 Å². The van der Waals surface area contributed by atoms with Crippen LogP contribution < -0.4 is 5.32 Å². The summed E-state index contributed by atoms with van der Waals surface area (Å²) in [6.07, 6.45) is 0.742. The van der Waals surface area contributed by atoms with E-state index in [9.17, 15) is 18.7 Å². The fourth-order valence-electron chi connectivity index (χ4n) is 1.87. The number of halogens is 2. The first kappa shape index (κ1) is 15.1. The van der Waals surface area contributed by atoms with Gasteiger partial charge in [0.05, 0.1) is 11.7 Å². The maximum absolute atomic E-state index is 13.8. The van der Waals surface area contributed by atoms with E-state index in [1.807, 2.05) is 0 Å². The Balaban J connectivity index is 2.38. The molecule has 0 saturated heterocycles. The minimum Gasteiger partial charge on any atom is -0.392 e. The molecule has 1 aromatic heterocycles. The van der Waals surface area contributed by atoms with Gasteiger partial charge in [-0.1, -0.05) is 0 Å². The van der Waals surface area contributed by atoms with Gasteiger partial charge >= 0.3 is 0 Å². The predicted octanol–water partition coefficient (Wildman–Crippen LogP) is 1.48. The van der Waals surface area contributed by atoms with Crippen LogP contribution in [0.2, 0.25) is 0 Å². The van der Waals surface area contributed by atoms with Crippen LogP contribution in [0.15, 0.2) is 24.4 Å². The van der Waals surface area contributed by atoms with Crippen molar-refractivity contribution in [2.75, 3.05) is 6.54 Å². The molecule has 1 heterocycles. The molecule has 0 bridgehead atoms. The van der Waals surface area contributed by atoms with Crippen LogP contribution in [0.25, 0.3) is 11.3 Å². The summed E-state index contributed by atoms with van der Waals surface area (Å²) in [5.74, 6) is -1.98. The minimum absolute atomic E-state index is 0.0409. The summed E-state index contributed by atoms with van der Waals surface area (Å²) in [4.78, 5) is 12.1. The van der Waals surface area contributed by atoms with Crippen molar-refractivity contribution >= 4 is 5.91 Å². The van der Waals surface area contributed by atoms with Crippen molar-refractivity contribution in [3.63, 3.8) is 0 Å². The third kappa shape index (κ3) is 3.43. The number of nitrogens with one attached hydrogen (secondary N) is 1. The molecular weight excluding hydrogens is 280 g/mol. The summed E-state index contributed by atoms with van der Waals surface area (Å²) >= 11 is 0. The molecule has 0 aliphatic heterocycles. The number of hydrogen-bond acceptors (Lipinski definition) is 3. The molecule has 0 fully saturated rings. The summed E-state index contributed by atoms with van der Waals surface area (Å²) in [6, 6.07) is 3.07. The lowest BCUT2D eigenvalue weighted by Crippen LogP contribution is -2.30. The molecule has 112 valence electrons. The number of hydrogen-bond donors (Lipinski definition) is 2. The van der Waals surface area contributed by atoms with E-state index in [4.69, 9.17) is 0 Å². The van der Waals surface area contributed by atoms with Crippen LogP contribution in [-0.4, -0.2) is 33.4 Å². The van der Waals surface area contributed by atoms with E-state index in [2.05, 4.69) is 10.4 Å². The van der Waals surface area contributed by atoms with Crippen molar-refractivity contribution < 1.29 is 18.7 Å². The predicted molar refractivity (Wildman–Crippen MR) is 72.6 cm³/mol. The molecule has 1 atom stereocenters. The van der Waals surface area contributed by atoms with Crippen molar-refractivity contribution in [1.29, 1.82) is 0 Å². The van der Waals surface area contributed by atoms with Gasteiger partial charge in [-0.05, 0) is 19.1 Å². The number of carbonyl (C=O) groups excluding carboxylic acids is 1. The van der Waals surface area contributed by atoms with Crippen molar-refractivity contribution in [3.05, 3.63) is 41.6 Å². The van der Waals surface area contributed by atoms with Crippen LogP contribution in [0.3, 0.4) is 0 Å². The maximum atomic E-state index is 13.8. The largest absolute Gasteiger partial charge is 0.392 e. The molecule has 1 unspecified atom stereocenters. The standard InChI is InChI=1S/C14H15F2N3O2/c1-8(20)6-17-14(21)11-7-19(2)18-13(11)10-4-3-9(15)5-12(10)16/h3-5,7-8,20H,6H2,1-2H3,(H,17,21). The molecule has 2 aromatic rings. The molecular formula is C14H15F2N3O2. The number of aliphatic hydroxyl groups is 1. The molecule has 0 aliphatic carbocycles. The summed E-state index contributed by atoms with van der Waals surface area (Å²) in [5.41, 5.74) is 0.320. The van der Waals surface area contributed by atoms with E-state index in [0.29, 0.717) is 0 Å². The molecule has 5 nitrogen and oxygen atoms in total. The van der Waals surface area contributed by atoms with E-state index in [0.717, 1.165) is 12.1 Å². The second-order valence-corrected chi connectivity index (χ2v) is 4.75. The van der Waals surface area contributed by atoms with Crippen LogP contribution >= 0.6 is 0 Å². The second kappa shape index (κ2) is 6.01. The highest BCUT2D eigenvalue weighted by Crippen LogP contribution is 2.25. The zero-order valence-electron chi connectivity index (χ0n) is 11.6. The van der Waals surface area contributed by atoms with Crippen LogP contribution in [0.1, 0.15) is 17.3 Å². The second-order valence-electron chi connectivity index (χ2n) is 4.75. The van der Waals surface area contributed by atoms with E-state index in [-0.39, 0.29) is 23.4 Å². The van der Waals surface area contributed by atoms with Gasteiger partial charge in [-0.3, -0.25) is 9.48 Å². The molecule has 1 aromatic carbocycles. The SMILES string of the molecule is CC(O)CNC(=O)c1cn(C)nc1-c1ccc(F)cc1F. The first-order chi connectivity index (χ1) is 9.88. The third-order valence-corrected chi connectivity index (χ3v) is 2.82. The number of aromatic nitrogens is 2. The summed E-state index contributed by atoms with van der Waals surface area (Å²) in [5, 5.41) is 15.7. The van der Waals surface area contributed by atoms with Crippen LogP contribution in [0.5, 0.6) is 0 Å². The Bertz CT molecular complexity index is 668. The summed E-state index contributed by atoms with van der Waals surface area (Å²) in [6.45, 7) is 1.60. The van der Waals surface area contributed by atoms with E-state index >= 15 is 0 Å². The maximum Gasteiger partial charge on any atom is 0.255 e. The lowest BCUT2D eigenvalue weighted by atomic mass is 10.1. The van der Waals surface area contributed by atoms with E-state index < -0.39 is 23.6 Å². The van der Waals surface area contributed by atoms with Gasteiger partial charge in [-0.15, -0.1) is 0 Å². The highest BCUT2D eigenvalue weighted by molar-refractivity contribution is 5.99. The van der Waals surface area contributed by atoms with Gasteiger partial charge in [0.1, 0.15) is 17.3 Å². The number of nitrogens with zero attached hydrogens (tertiary/aromatic N) is 2. The van der Waals surface area contributed by atoms with Crippen LogP contribution in [0.4, 0.5) is 8.78 Å². The minimum atomic E-state index is -0.793. The van der Waals surface area contributed by atoms with Gasteiger partial charge in [0.25, 0.3) is 5.91 Å². The summed E-state index contributed by atoms with van der Waals surface area (Å²) < 4.78 is 28.2. The Morgan fingerprint density at radius 2 is 2.19 bits per heavy atom. The van der Waals surface area contributed by atoms with Crippen molar-refractivity contribution in [3.8, 4) is 11.3 Å². The number of aliphatic hydroxyl groups excluding tert-OH is 1. The smallest absolute Gasteiger partial charge is 0.255 e. The molecule has 0 saturated carbocycles. The van der Waals surface area contributed by atoms with Crippen molar-refractivity contribution in [1.82, 2.24) is 15.1 Å². The van der Waals surface area contributed by atoms with Crippen molar-refractivity contribution in [2.24, 2.45) is 7.05 Å². The van der Waals surface area contributed by atoms with Gasteiger partial charge in [0.2, 0.25) is 0 Å². The molecule has 2 N–H and O–H groups in total. The highest BCUT2D eigenvalue weighted by Gasteiger charge is 2.20. The number of aryl methyl sites for hydroxylation is 1.